The first-order chi connectivity index (χ1) is 10.3. The summed E-state index contributed by atoms with van der Waals surface area (Å²) in [5.41, 5.74) is 0. The zero-order valence-electron chi connectivity index (χ0n) is 14.2. The minimum absolute atomic E-state index is 0.503. The molecule has 0 amide bonds. The summed E-state index contributed by atoms with van der Waals surface area (Å²) < 4.78 is 22.1. The molecule has 21 heavy (non-hydrogen) atoms. The van der Waals surface area contributed by atoms with E-state index in [0.717, 1.165) is 12.8 Å². The largest absolute Gasteiger partial charge is 0.387 e. The molecule has 0 saturated heterocycles. The molecule has 0 radical (unpaired) electrons. The molecule has 0 N–H and O–H groups in total. The molecule has 0 rings (SSSR count). The van der Waals surface area contributed by atoms with Gasteiger partial charge in [-0.25, -0.2) is 0 Å². The monoisotopic (exact) mass is 319 g/mol. The molecule has 0 aromatic rings. The Morgan fingerprint density at radius 2 is 1.05 bits per heavy atom. The van der Waals surface area contributed by atoms with Crippen LogP contribution in [0, 0.1) is 0 Å². The van der Waals surface area contributed by atoms with Crippen LogP contribution in [0.25, 0.3) is 0 Å². The highest BCUT2D eigenvalue weighted by Gasteiger charge is 2.15. The molecule has 0 aliphatic heterocycles. The van der Waals surface area contributed by atoms with Crippen molar-refractivity contribution >= 4 is 8.46 Å². The Labute approximate surface area is 133 Å². The van der Waals surface area contributed by atoms with E-state index in [1.165, 1.54) is 64.2 Å². The highest BCUT2D eigenvalue weighted by Crippen LogP contribution is 2.13. The van der Waals surface area contributed by atoms with E-state index in [-0.39, 0.29) is 0 Å². The topological polar surface area (TPSA) is 35.5 Å². The molecule has 0 bridgehead atoms. The lowest BCUT2D eigenvalue weighted by Gasteiger charge is -2.08. The van der Waals surface area contributed by atoms with Crippen LogP contribution in [0.1, 0.15) is 90.9 Å². The number of unbranched alkanes of at least 4 members (excludes halogenated alkanes) is 10. The molecule has 0 heterocycles. The van der Waals surface area contributed by atoms with Crippen LogP contribution in [-0.4, -0.2) is 19.2 Å². The fraction of sp³-hybridized carbons (Fsp3) is 1.00. The Bertz CT molecular complexity index is 194. The normalized spacial score (nSPS) is 11.6. The van der Waals surface area contributed by atoms with Crippen LogP contribution >= 0.6 is 8.46 Å². The summed E-state index contributed by atoms with van der Waals surface area (Å²) in [6.07, 6.45) is 14.9. The minimum Gasteiger partial charge on any atom is -0.313 e. The molecule has 0 fully saturated rings. The van der Waals surface area contributed by atoms with Crippen molar-refractivity contribution in [3.63, 3.8) is 0 Å². The number of hydrogen-bond donors (Lipinski definition) is 0. The predicted octanol–water partition coefficient (Wildman–Crippen LogP) is 6.05. The Kier molecular flexibility index (Phi) is 18.1. The third kappa shape index (κ3) is 16.2. The van der Waals surface area contributed by atoms with Gasteiger partial charge >= 0.3 is 14.5 Å². The van der Waals surface area contributed by atoms with Gasteiger partial charge in [-0.15, -0.1) is 0 Å². The SMILES string of the molecule is CCCCCCCCOC(OCCCCCCCC)[PH+]=O. The van der Waals surface area contributed by atoms with Gasteiger partial charge in [0.05, 0.1) is 13.2 Å². The molecule has 0 spiro atoms. The maximum Gasteiger partial charge on any atom is 0.387 e. The summed E-state index contributed by atoms with van der Waals surface area (Å²) in [5.74, 6) is 0. The Hall–Kier alpha value is 0.0200. The first-order valence-corrected chi connectivity index (χ1v) is 9.94. The second kappa shape index (κ2) is 18.1. The maximum absolute atomic E-state index is 11.0. The van der Waals surface area contributed by atoms with Crippen molar-refractivity contribution in [1.29, 1.82) is 0 Å². The first kappa shape index (κ1) is 21.0. The van der Waals surface area contributed by atoms with Crippen LogP contribution in [0.2, 0.25) is 0 Å². The van der Waals surface area contributed by atoms with Gasteiger partial charge < -0.3 is 9.47 Å². The van der Waals surface area contributed by atoms with Crippen LogP contribution in [0.15, 0.2) is 0 Å². The van der Waals surface area contributed by atoms with Crippen molar-refractivity contribution in [3.8, 4) is 0 Å². The van der Waals surface area contributed by atoms with E-state index in [4.69, 9.17) is 9.47 Å². The van der Waals surface area contributed by atoms with Crippen molar-refractivity contribution in [1.82, 2.24) is 0 Å². The van der Waals surface area contributed by atoms with Gasteiger partial charge in [0.2, 0.25) is 0 Å². The molecule has 3 nitrogen and oxygen atoms in total. The number of rotatable bonds is 17. The van der Waals surface area contributed by atoms with Gasteiger partial charge in [-0.1, -0.05) is 82.6 Å². The molecule has 0 aliphatic carbocycles. The van der Waals surface area contributed by atoms with E-state index in [1.807, 2.05) is 0 Å². The van der Waals surface area contributed by atoms with E-state index >= 15 is 0 Å². The van der Waals surface area contributed by atoms with Gasteiger partial charge in [-0.05, 0) is 12.8 Å². The van der Waals surface area contributed by atoms with Gasteiger partial charge in [0.1, 0.15) is 0 Å². The van der Waals surface area contributed by atoms with Crippen molar-refractivity contribution in [2.75, 3.05) is 13.2 Å². The highest BCUT2D eigenvalue weighted by atomic mass is 31.1. The van der Waals surface area contributed by atoms with E-state index in [1.54, 1.807) is 0 Å². The Balaban J connectivity index is 3.31. The lowest BCUT2D eigenvalue weighted by molar-refractivity contribution is -0.0874. The van der Waals surface area contributed by atoms with E-state index in [9.17, 15) is 4.57 Å². The fourth-order valence-electron chi connectivity index (χ4n) is 2.26. The minimum atomic E-state index is -0.521. The van der Waals surface area contributed by atoms with Crippen LogP contribution in [0.3, 0.4) is 0 Å². The number of hydrogen-bond acceptors (Lipinski definition) is 3. The zero-order chi connectivity index (χ0) is 15.6. The summed E-state index contributed by atoms with van der Waals surface area (Å²) in [5, 5.41) is 0. The zero-order valence-corrected chi connectivity index (χ0v) is 15.2. The van der Waals surface area contributed by atoms with E-state index < -0.39 is 14.5 Å². The van der Waals surface area contributed by atoms with Gasteiger partial charge in [0, 0.05) is 0 Å². The molecule has 0 aliphatic rings. The van der Waals surface area contributed by atoms with Gasteiger partial charge in [0.15, 0.2) is 0 Å². The highest BCUT2D eigenvalue weighted by molar-refractivity contribution is 7.24. The summed E-state index contributed by atoms with van der Waals surface area (Å²) in [6, 6.07) is -0.503. The van der Waals surface area contributed by atoms with Gasteiger partial charge in [0.25, 0.3) is 0 Å². The van der Waals surface area contributed by atoms with Crippen molar-refractivity contribution in [2.45, 2.75) is 96.9 Å². The average Bonchev–Trinajstić information content (AvgIpc) is 2.51. The van der Waals surface area contributed by atoms with Crippen molar-refractivity contribution in [2.24, 2.45) is 0 Å². The molecule has 0 saturated carbocycles. The number of ether oxygens (including phenoxy) is 2. The van der Waals surface area contributed by atoms with Crippen LogP contribution in [0.4, 0.5) is 0 Å². The van der Waals surface area contributed by atoms with Crippen LogP contribution < -0.4 is 0 Å². The maximum atomic E-state index is 11.0. The molecule has 126 valence electrons. The Morgan fingerprint density at radius 3 is 1.43 bits per heavy atom. The Morgan fingerprint density at radius 1 is 0.667 bits per heavy atom. The smallest absolute Gasteiger partial charge is 0.313 e. The molecular formula is C17H36O3P+. The summed E-state index contributed by atoms with van der Waals surface area (Å²) in [4.78, 5) is 0. The quantitative estimate of drug-likeness (QED) is 0.186. The second-order valence-corrected chi connectivity index (χ2v) is 6.43. The van der Waals surface area contributed by atoms with Crippen molar-refractivity contribution < 1.29 is 14.0 Å². The summed E-state index contributed by atoms with van der Waals surface area (Å²) in [7, 11) is -0.521. The van der Waals surface area contributed by atoms with E-state index in [0.29, 0.717) is 13.2 Å². The predicted molar refractivity (Wildman–Crippen MR) is 91.4 cm³/mol. The van der Waals surface area contributed by atoms with Gasteiger partial charge in [-0.2, -0.15) is 0 Å². The molecule has 0 aromatic heterocycles. The van der Waals surface area contributed by atoms with Crippen LogP contribution in [0.5, 0.6) is 0 Å². The lowest BCUT2D eigenvalue weighted by Crippen LogP contribution is -2.12. The summed E-state index contributed by atoms with van der Waals surface area (Å²) >= 11 is 0. The van der Waals surface area contributed by atoms with Crippen LogP contribution in [-0.2, 0) is 14.0 Å². The lowest BCUT2D eigenvalue weighted by atomic mass is 10.1. The standard InChI is InChI=1S/C17H35O3P/c1-3-5-7-9-11-13-15-19-17(21-18)20-16-14-12-10-8-6-4-2/h17H,3-16H2,1-2H3/p+1. The second-order valence-electron chi connectivity index (χ2n) is 5.73. The average molecular weight is 319 g/mol. The molecule has 1 atom stereocenters. The molecule has 4 heteroatoms. The molecule has 1 unspecified atom stereocenters. The fourth-order valence-corrected chi connectivity index (χ4v) is 2.63. The summed E-state index contributed by atoms with van der Waals surface area (Å²) in [6.45, 7) is 5.79. The third-order valence-corrected chi connectivity index (χ3v) is 4.16. The van der Waals surface area contributed by atoms with Crippen molar-refractivity contribution in [3.05, 3.63) is 0 Å². The molecule has 0 aromatic carbocycles. The van der Waals surface area contributed by atoms with Gasteiger partial charge in [-0.3, -0.25) is 0 Å². The van der Waals surface area contributed by atoms with E-state index in [2.05, 4.69) is 13.8 Å². The molecular weight excluding hydrogens is 283 g/mol. The first-order valence-electron chi connectivity index (χ1n) is 8.96. The third-order valence-electron chi connectivity index (χ3n) is 3.63.